The number of hydrogen-bond acceptors (Lipinski definition) is 3. The number of carbonyl (C=O) groups is 1. The molecule has 0 aliphatic carbocycles. The van der Waals surface area contributed by atoms with Gasteiger partial charge in [-0.1, -0.05) is 0 Å². The molecule has 0 heterocycles. The van der Waals surface area contributed by atoms with Crippen LogP contribution in [0.2, 0.25) is 0 Å². The molecule has 0 spiro atoms. The third-order valence-electron chi connectivity index (χ3n) is 2.27. The van der Waals surface area contributed by atoms with E-state index in [1.54, 1.807) is 0 Å². The Morgan fingerprint density at radius 1 is 1.47 bits per heavy atom. The van der Waals surface area contributed by atoms with Gasteiger partial charge in [-0.25, -0.2) is 8.78 Å². The Bertz CT molecular complexity index is 424. The maximum atomic E-state index is 13.5. The van der Waals surface area contributed by atoms with Gasteiger partial charge in [0.15, 0.2) is 5.82 Å². The van der Waals surface area contributed by atoms with E-state index in [1.165, 1.54) is 19.1 Å². The summed E-state index contributed by atoms with van der Waals surface area (Å²) >= 11 is 0. The minimum atomic E-state index is -0.902. The normalized spacial score (nSPS) is 10.4. The molecule has 1 aromatic carbocycles. The van der Waals surface area contributed by atoms with E-state index >= 15 is 0 Å². The molecule has 0 atom stereocenters. The standard InChI is InChI=1S/C11H14F2N2O2/c1-15(3-4-17-2)11(16)8-5-7(12)6-9(14)10(8)13/h5-6H,3-4,14H2,1-2H3. The van der Waals surface area contributed by atoms with Gasteiger partial charge < -0.3 is 15.4 Å². The van der Waals surface area contributed by atoms with Gasteiger partial charge in [0.2, 0.25) is 0 Å². The molecule has 0 unspecified atom stereocenters. The lowest BCUT2D eigenvalue weighted by molar-refractivity contribution is 0.0739. The number of nitrogens with two attached hydrogens (primary N) is 1. The molecular formula is C11H14F2N2O2. The number of nitrogens with zero attached hydrogens (tertiary/aromatic N) is 1. The van der Waals surface area contributed by atoms with E-state index in [0.29, 0.717) is 6.61 Å². The van der Waals surface area contributed by atoms with E-state index in [2.05, 4.69) is 0 Å². The highest BCUT2D eigenvalue weighted by atomic mass is 19.1. The van der Waals surface area contributed by atoms with Crippen LogP contribution < -0.4 is 5.73 Å². The molecule has 1 rings (SSSR count). The largest absolute Gasteiger partial charge is 0.396 e. The Morgan fingerprint density at radius 3 is 2.71 bits per heavy atom. The number of methoxy groups -OCH3 is 1. The third-order valence-corrected chi connectivity index (χ3v) is 2.27. The zero-order valence-electron chi connectivity index (χ0n) is 9.67. The molecule has 0 bridgehead atoms. The summed E-state index contributed by atoms with van der Waals surface area (Å²) < 4.78 is 31.4. The lowest BCUT2D eigenvalue weighted by Gasteiger charge is -2.17. The van der Waals surface area contributed by atoms with Crippen LogP contribution in [0.1, 0.15) is 10.4 Å². The van der Waals surface area contributed by atoms with Gasteiger partial charge in [-0.05, 0) is 12.1 Å². The lowest BCUT2D eigenvalue weighted by atomic mass is 10.1. The highest BCUT2D eigenvalue weighted by Crippen LogP contribution is 2.18. The second-order valence-electron chi connectivity index (χ2n) is 3.58. The number of ether oxygens (including phenoxy) is 1. The summed E-state index contributed by atoms with van der Waals surface area (Å²) in [6.45, 7) is 0.597. The minimum Gasteiger partial charge on any atom is -0.396 e. The first kappa shape index (κ1) is 13.4. The topological polar surface area (TPSA) is 55.6 Å². The van der Waals surface area contributed by atoms with Crippen molar-refractivity contribution in [3.05, 3.63) is 29.3 Å². The van der Waals surface area contributed by atoms with Crippen LogP contribution in [0.25, 0.3) is 0 Å². The van der Waals surface area contributed by atoms with Crippen LogP contribution in [0.3, 0.4) is 0 Å². The van der Waals surface area contributed by atoms with Crippen LogP contribution in [-0.4, -0.2) is 38.1 Å². The summed E-state index contributed by atoms with van der Waals surface area (Å²) in [7, 11) is 2.96. The number of halogens is 2. The van der Waals surface area contributed by atoms with Crippen LogP contribution in [-0.2, 0) is 4.74 Å². The number of carbonyl (C=O) groups excluding carboxylic acids is 1. The molecule has 17 heavy (non-hydrogen) atoms. The molecular weight excluding hydrogens is 230 g/mol. The van der Waals surface area contributed by atoms with E-state index in [-0.39, 0.29) is 17.8 Å². The van der Waals surface area contributed by atoms with Crippen molar-refractivity contribution in [2.45, 2.75) is 0 Å². The number of likely N-dealkylation sites (N-methyl/N-ethyl adjacent to an activating group) is 1. The van der Waals surface area contributed by atoms with Gasteiger partial charge in [0.25, 0.3) is 5.91 Å². The first-order valence-corrected chi connectivity index (χ1v) is 4.96. The number of hydrogen-bond donors (Lipinski definition) is 1. The summed E-state index contributed by atoms with van der Waals surface area (Å²) in [5, 5.41) is 0. The lowest BCUT2D eigenvalue weighted by Crippen LogP contribution is -2.30. The van der Waals surface area contributed by atoms with Crippen molar-refractivity contribution in [1.82, 2.24) is 4.90 Å². The first-order chi connectivity index (χ1) is 7.97. The molecule has 1 aromatic rings. The quantitative estimate of drug-likeness (QED) is 0.811. The second kappa shape index (κ2) is 5.58. The Kier molecular flexibility index (Phi) is 4.39. The Morgan fingerprint density at radius 2 is 2.12 bits per heavy atom. The predicted molar refractivity (Wildman–Crippen MR) is 59.6 cm³/mol. The van der Waals surface area contributed by atoms with Gasteiger partial charge in [-0.2, -0.15) is 0 Å². The maximum Gasteiger partial charge on any atom is 0.256 e. The summed E-state index contributed by atoms with van der Waals surface area (Å²) in [5.74, 6) is -2.28. The van der Waals surface area contributed by atoms with Crippen molar-refractivity contribution in [1.29, 1.82) is 0 Å². The van der Waals surface area contributed by atoms with Gasteiger partial charge in [0, 0.05) is 20.7 Å². The van der Waals surface area contributed by atoms with Crippen LogP contribution in [0.15, 0.2) is 12.1 Å². The first-order valence-electron chi connectivity index (χ1n) is 4.96. The predicted octanol–water partition coefficient (Wildman–Crippen LogP) is 1.27. The number of amides is 1. The van der Waals surface area contributed by atoms with Crippen LogP contribution in [0, 0.1) is 11.6 Å². The molecule has 2 N–H and O–H groups in total. The molecule has 0 aromatic heterocycles. The van der Waals surface area contributed by atoms with Gasteiger partial charge in [-0.3, -0.25) is 4.79 Å². The SMILES string of the molecule is COCCN(C)C(=O)c1cc(F)cc(N)c1F. The highest BCUT2D eigenvalue weighted by Gasteiger charge is 2.19. The number of benzene rings is 1. The van der Waals surface area contributed by atoms with Crippen molar-refractivity contribution in [3.8, 4) is 0 Å². The zero-order valence-corrected chi connectivity index (χ0v) is 9.67. The fourth-order valence-corrected chi connectivity index (χ4v) is 1.30. The number of nitrogen functional groups attached to an aromatic ring is 1. The molecule has 0 aliphatic heterocycles. The van der Waals surface area contributed by atoms with Gasteiger partial charge in [0.1, 0.15) is 5.82 Å². The molecule has 0 fully saturated rings. The number of rotatable bonds is 4. The van der Waals surface area contributed by atoms with Gasteiger partial charge in [-0.15, -0.1) is 0 Å². The maximum absolute atomic E-state index is 13.5. The molecule has 1 amide bonds. The van der Waals surface area contributed by atoms with Crippen molar-refractivity contribution in [2.24, 2.45) is 0 Å². The van der Waals surface area contributed by atoms with Crippen molar-refractivity contribution in [3.63, 3.8) is 0 Å². The van der Waals surface area contributed by atoms with E-state index in [1.807, 2.05) is 0 Å². The van der Waals surface area contributed by atoms with E-state index in [4.69, 9.17) is 10.5 Å². The van der Waals surface area contributed by atoms with E-state index in [0.717, 1.165) is 12.1 Å². The Hall–Kier alpha value is -1.69. The summed E-state index contributed by atoms with van der Waals surface area (Å²) in [6, 6.07) is 1.67. The van der Waals surface area contributed by atoms with Crippen LogP contribution in [0.4, 0.5) is 14.5 Å². The zero-order chi connectivity index (χ0) is 13.0. The minimum absolute atomic E-state index is 0.283. The summed E-state index contributed by atoms with van der Waals surface area (Å²) in [5.41, 5.74) is 4.49. The molecule has 94 valence electrons. The highest BCUT2D eigenvalue weighted by molar-refractivity contribution is 5.95. The number of anilines is 1. The van der Waals surface area contributed by atoms with Crippen LogP contribution >= 0.6 is 0 Å². The van der Waals surface area contributed by atoms with Crippen molar-refractivity contribution < 1.29 is 18.3 Å². The average molecular weight is 244 g/mol. The Labute approximate surface area is 98.0 Å². The van der Waals surface area contributed by atoms with Crippen molar-refractivity contribution in [2.75, 3.05) is 33.0 Å². The van der Waals surface area contributed by atoms with Crippen LogP contribution in [0.5, 0.6) is 0 Å². The molecule has 6 heteroatoms. The van der Waals surface area contributed by atoms with Gasteiger partial charge >= 0.3 is 0 Å². The fraction of sp³-hybridized carbons (Fsp3) is 0.364. The summed E-state index contributed by atoms with van der Waals surface area (Å²) in [4.78, 5) is 13.0. The van der Waals surface area contributed by atoms with E-state index < -0.39 is 17.5 Å². The summed E-state index contributed by atoms with van der Waals surface area (Å²) in [6.07, 6.45) is 0. The average Bonchev–Trinajstić information content (AvgIpc) is 2.29. The van der Waals surface area contributed by atoms with E-state index in [9.17, 15) is 13.6 Å². The molecule has 0 aliphatic rings. The second-order valence-corrected chi connectivity index (χ2v) is 3.58. The fourth-order valence-electron chi connectivity index (χ4n) is 1.30. The monoisotopic (exact) mass is 244 g/mol. The third kappa shape index (κ3) is 3.13. The smallest absolute Gasteiger partial charge is 0.256 e. The van der Waals surface area contributed by atoms with Crippen molar-refractivity contribution >= 4 is 11.6 Å². The Balaban J connectivity index is 2.96. The molecule has 0 saturated heterocycles. The molecule has 4 nitrogen and oxygen atoms in total. The molecule has 0 saturated carbocycles. The van der Waals surface area contributed by atoms with Gasteiger partial charge in [0.05, 0.1) is 17.9 Å². The molecule has 0 radical (unpaired) electrons.